The first kappa shape index (κ1) is 23.2. The summed E-state index contributed by atoms with van der Waals surface area (Å²) >= 11 is 1.34. The first-order chi connectivity index (χ1) is 14.4. The number of hydrogen-bond acceptors (Lipinski definition) is 6. The highest BCUT2D eigenvalue weighted by Crippen LogP contribution is 2.24. The average molecular weight is 453 g/mol. The van der Waals surface area contributed by atoms with Crippen molar-refractivity contribution in [2.24, 2.45) is 0 Å². The number of sulfonamides is 1. The number of rotatable bonds is 8. The number of nitrogens with zero attached hydrogens (tertiary/aromatic N) is 3. The fourth-order valence-corrected chi connectivity index (χ4v) is 5.80. The molecule has 1 fully saturated rings. The van der Waals surface area contributed by atoms with Gasteiger partial charge in [0.15, 0.2) is 0 Å². The summed E-state index contributed by atoms with van der Waals surface area (Å²) in [5, 5.41) is 3.35. The fraction of sp³-hybridized carbons (Fsp3) is 0.619. The van der Waals surface area contributed by atoms with Crippen LogP contribution in [0.1, 0.15) is 39.0 Å². The number of aromatic nitrogens is 1. The van der Waals surface area contributed by atoms with E-state index in [1.54, 1.807) is 12.1 Å². The molecule has 9 heteroatoms. The van der Waals surface area contributed by atoms with E-state index in [-0.39, 0.29) is 16.1 Å². The third-order valence-corrected chi connectivity index (χ3v) is 8.54. The molecule has 1 aromatic rings. The van der Waals surface area contributed by atoms with Crippen LogP contribution in [0.3, 0.4) is 0 Å². The normalized spacial score (nSPS) is 19.9. The van der Waals surface area contributed by atoms with Gasteiger partial charge in [-0.25, -0.2) is 13.4 Å². The lowest BCUT2D eigenvalue weighted by molar-refractivity contribution is -0.120. The van der Waals surface area contributed by atoms with Crippen molar-refractivity contribution in [1.29, 1.82) is 0 Å². The standard InChI is InChI=1S/C21H32N4O3S2/c1-17(21(26)22-11-10-18-6-4-3-5-7-18)29-20-9-8-19(16-23-20)30(27,28)25-14-12-24(2)13-15-25/h6,8-9,16-17H,3-5,7,10-15H2,1-2H3,(H,22,26)/t17-/m1/s1. The molecule has 2 aliphatic rings. The van der Waals surface area contributed by atoms with Crippen molar-refractivity contribution in [1.82, 2.24) is 19.5 Å². The number of pyridine rings is 1. The van der Waals surface area contributed by atoms with Crippen molar-refractivity contribution in [3.8, 4) is 0 Å². The molecule has 1 N–H and O–H groups in total. The fourth-order valence-electron chi connectivity index (χ4n) is 3.62. The molecule has 1 aliphatic heterocycles. The van der Waals surface area contributed by atoms with E-state index in [0.29, 0.717) is 24.7 Å². The van der Waals surface area contributed by atoms with Crippen LogP contribution in [0, 0.1) is 0 Å². The summed E-state index contributed by atoms with van der Waals surface area (Å²) in [5.41, 5.74) is 1.45. The van der Waals surface area contributed by atoms with E-state index in [9.17, 15) is 13.2 Å². The third-order valence-electron chi connectivity index (χ3n) is 5.61. The number of allylic oxidation sites excluding steroid dienone is 1. The molecule has 0 bridgehead atoms. The van der Waals surface area contributed by atoms with Crippen LogP contribution in [0.2, 0.25) is 0 Å². The summed E-state index contributed by atoms with van der Waals surface area (Å²) in [6.07, 6.45) is 9.44. The predicted molar refractivity (Wildman–Crippen MR) is 120 cm³/mol. The smallest absolute Gasteiger partial charge is 0.244 e. The molecular formula is C21H32N4O3S2. The summed E-state index contributed by atoms with van der Waals surface area (Å²) in [6, 6.07) is 3.27. The molecule has 1 saturated heterocycles. The van der Waals surface area contributed by atoms with Crippen molar-refractivity contribution in [2.75, 3.05) is 39.8 Å². The molecule has 30 heavy (non-hydrogen) atoms. The molecule has 0 unspecified atom stereocenters. The van der Waals surface area contributed by atoms with Crippen molar-refractivity contribution < 1.29 is 13.2 Å². The second kappa shape index (κ2) is 10.7. The molecular weight excluding hydrogens is 420 g/mol. The monoisotopic (exact) mass is 452 g/mol. The minimum Gasteiger partial charge on any atom is -0.355 e. The van der Waals surface area contributed by atoms with Crippen LogP contribution in [-0.2, 0) is 14.8 Å². The summed E-state index contributed by atoms with van der Waals surface area (Å²) < 4.78 is 27.1. The van der Waals surface area contributed by atoms with E-state index in [4.69, 9.17) is 0 Å². The van der Waals surface area contributed by atoms with Crippen LogP contribution in [0.25, 0.3) is 0 Å². The van der Waals surface area contributed by atoms with Crippen molar-refractivity contribution in [3.05, 3.63) is 30.0 Å². The highest BCUT2D eigenvalue weighted by Gasteiger charge is 2.27. The molecule has 1 aliphatic carbocycles. The quantitative estimate of drug-likeness (QED) is 0.482. The number of nitrogens with one attached hydrogen (secondary N) is 1. The maximum absolute atomic E-state index is 12.8. The van der Waals surface area contributed by atoms with Gasteiger partial charge in [-0.1, -0.05) is 23.4 Å². The SMILES string of the molecule is C[C@@H](Sc1ccc(S(=O)(=O)N2CCN(C)CC2)cn1)C(=O)NCCC1=CCCCC1. The highest BCUT2D eigenvalue weighted by atomic mass is 32.2. The number of carbonyl (C=O) groups is 1. The van der Waals surface area contributed by atoms with Gasteiger partial charge >= 0.3 is 0 Å². The summed E-state index contributed by atoms with van der Waals surface area (Å²) in [5.74, 6) is -0.0210. The van der Waals surface area contributed by atoms with Gasteiger partial charge in [0, 0.05) is 38.9 Å². The second-order valence-corrected chi connectivity index (χ2v) is 11.2. The molecule has 3 rings (SSSR count). The topological polar surface area (TPSA) is 82.6 Å². The lowest BCUT2D eigenvalue weighted by atomic mass is 9.97. The molecule has 2 heterocycles. The van der Waals surface area contributed by atoms with Crippen LogP contribution in [0.15, 0.2) is 39.9 Å². The molecule has 166 valence electrons. The minimum atomic E-state index is -3.52. The van der Waals surface area contributed by atoms with Gasteiger partial charge in [-0.05, 0) is 58.2 Å². The Hall–Kier alpha value is -1.42. The molecule has 1 amide bonds. The largest absolute Gasteiger partial charge is 0.355 e. The van der Waals surface area contributed by atoms with Gasteiger partial charge in [0.05, 0.1) is 10.3 Å². The van der Waals surface area contributed by atoms with Crippen LogP contribution < -0.4 is 5.32 Å². The molecule has 0 radical (unpaired) electrons. The van der Waals surface area contributed by atoms with E-state index >= 15 is 0 Å². The Labute approximate surface area is 184 Å². The molecule has 1 atom stereocenters. The van der Waals surface area contributed by atoms with Crippen LogP contribution in [0.5, 0.6) is 0 Å². The predicted octanol–water partition coefficient (Wildman–Crippen LogP) is 2.51. The van der Waals surface area contributed by atoms with Gasteiger partial charge in [0.25, 0.3) is 0 Å². The summed E-state index contributed by atoms with van der Waals surface area (Å²) in [4.78, 5) is 19.0. The van der Waals surface area contributed by atoms with Gasteiger partial charge in [-0.3, -0.25) is 4.79 Å². The minimum absolute atomic E-state index is 0.0210. The Morgan fingerprint density at radius 1 is 1.23 bits per heavy atom. The Bertz CT molecular complexity index is 848. The van der Waals surface area contributed by atoms with E-state index in [1.165, 1.54) is 40.7 Å². The van der Waals surface area contributed by atoms with Gasteiger partial charge < -0.3 is 10.2 Å². The van der Waals surface area contributed by atoms with E-state index in [1.807, 2.05) is 14.0 Å². The highest BCUT2D eigenvalue weighted by molar-refractivity contribution is 8.00. The van der Waals surface area contributed by atoms with Crippen molar-refractivity contribution >= 4 is 27.7 Å². The zero-order valence-electron chi connectivity index (χ0n) is 17.8. The van der Waals surface area contributed by atoms with Crippen molar-refractivity contribution in [2.45, 2.75) is 54.2 Å². The van der Waals surface area contributed by atoms with E-state index in [0.717, 1.165) is 32.4 Å². The Kier molecular flexibility index (Phi) is 8.33. The Morgan fingerprint density at radius 2 is 2.00 bits per heavy atom. The van der Waals surface area contributed by atoms with E-state index < -0.39 is 10.0 Å². The van der Waals surface area contributed by atoms with Gasteiger partial charge in [0.1, 0.15) is 4.90 Å². The number of piperazine rings is 1. The first-order valence-corrected chi connectivity index (χ1v) is 13.0. The zero-order chi connectivity index (χ0) is 21.6. The molecule has 0 aromatic carbocycles. The number of amides is 1. The number of carbonyl (C=O) groups excluding carboxylic acids is 1. The van der Waals surface area contributed by atoms with Gasteiger partial charge in [0.2, 0.25) is 15.9 Å². The number of likely N-dealkylation sites (N-methyl/N-ethyl adjacent to an activating group) is 1. The number of thioether (sulfide) groups is 1. The lowest BCUT2D eigenvalue weighted by Gasteiger charge is -2.31. The molecule has 0 saturated carbocycles. The second-order valence-electron chi connectivity index (χ2n) is 7.95. The average Bonchev–Trinajstić information content (AvgIpc) is 2.75. The van der Waals surface area contributed by atoms with Crippen molar-refractivity contribution in [3.63, 3.8) is 0 Å². The third kappa shape index (κ3) is 6.29. The Balaban J connectivity index is 1.49. The number of hydrogen-bond donors (Lipinski definition) is 1. The molecule has 1 aromatic heterocycles. The maximum atomic E-state index is 12.8. The van der Waals surface area contributed by atoms with E-state index in [2.05, 4.69) is 21.3 Å². The maximum Gasteiger partial charge on any atom is 0.244 e. The van der Waals surface area contributed by atoms with Crippen LogP contribution >= 0.6 is 11.8 Å². The molecule has 0 spiro atoms. The van der Waals surface area contributed by atoms with Gasteiger partial charge in [-0.15, -0.1) is 0 Å². The van der Waals surface area contributed by atoms with Crippen LogP contribution in [0.4, 0.5) is 0 Å². The summed E-state index contributed by atoms with van der Waals surface area (Å²) in [6.45, 7) is 4.93. The summed E-state index contributed by atoms with van der Waals surface area (Å²) in [7, 11) is -1.53. The molecule has 7 nitrogen and oxygen atoms in total. The Morgan fingerprint density at radius 3 is 2.63 bits per heavy atom. The van der Waals surface area contributed by atoms with Gasteiger partial charge in [-0.2, -0.15) is 4.31 Å². The van der Waals surface area contributed by atoms with Crippen LogP contribution in [-0.4, -0.2) is 73.5 Å². The zero-order valence-corrected chi connectivity index (χ0v) is 19.5. The lowest BCUT2D eigenvalue weighted by Crippen LogP contribution is -2.47. The first-order valence-electron chi connectivity index (χ1n) is 10.6.